The molecule has 0 saturated carbocycles. The van der Waals surface area contributed by atoms with Crippen LogP contribution in [-0.4, -0.2) is 41.0 Å². The lowest BCUT2D eigenvalue weighted by atomic mass is 10.0. The van der Waals surface area contributed by atoms with Crippen molar-refractivity contribution in [3.63, 3.8) is 0 Å². The fraction of sp³-hybridized carbons (Fsp3) is 0.476. The Morgan fingerprint density at radius 2 is 1.74 bits per heavy atom. The molecule has 0 bridgehead atoms. The molecule has 0 N–H and O–H groups in total. The van der Waals surface area contributed by atoms with Gasteiger partial charge in [-0.25, -0.2) is 9.97 Å². The van der Waals surface area contributed by atoms with Gasteiger partial charge in [-0.1, -0.05) is 5.92 Å². The maximum absolute atomic E-state index is 12.3. The summed E-state index contributed by atoms with van der Waals surface area (Å²) in [7, 11) is 0. The smallest absolute Gasteiger partial charge is 0.250 e. The summed E-state index contributed by atoms with van der Waals surface area (Å²) in [5.74, 6) is 7.23. The summed E-state index contributed by atoms with van der Waals surface area (Å²) in [5, 5.41) is 0. The van der Waals surface area contributed by atoms with Crippen LogP contribution in [0.3, 0.4) is 0 Å². The van der Waals surface area contributed by atoms with Gasteiger partial charge in [0.2, 0.25) is 5.82 Å². The van der Waals surface area contributed by atoms with Gasteiger partial charge in [-0.2, -0.15) is 0 Å². The molecular formula is C21H23N3O3. The SMILES string of the molecule is O=c1ccc(-c2ccnc(C#CC3CCOCC3)n2)cn1C1CCOCC1. The lowest BCUT2D eigenvalue weighted by molar-refractivity contribution is 0.0687. The van der Waals surface area contributed by atoms with Crippen LogP contribution in [0.1, 0.15) is 37.5 Å². The molecular weight excluding hydrogens is 342 g/mol. The quantitative estimate of drug-likeness (QED) is 0.765. The van der Waals surface area contributed by atoms with Gasteiger partial charge in [0.1, 0.15) is 0 Å². The minimum absolute atomic E-state index is 0.0132. The molecule has 2 aromatic heterocycles. The topological polar surface area (TPSA) is 66.2 Å². The third-order valence-corrected chi connectivity index (χ3v) is 5.08. The molecule has 0 aromatic carbocycles. The first kappa shape index (κ1) is 17.9. The average molecular weight is 365 g/mol. The van der Waals surface area contributed by atoms with Gasteiger partial charge in [0.25, 0.3) is 5.56 Å². The van der Waals surface area contributed by atoms with Crippen molar-refractivity contribution in [2.24, 2.45) is 5.92 Å². The highest BCUT2D eigenvalue weighted by molar-refractivity contribution is 5.57. The summed E-state index contributed by atoms with van der Waals surface area (Å²) in [6.45, 7) is 2.93. The Morgan fingerprint density at radius 3 is 2.52 bits per heavy atom. The first-order chi connectivity index (χ1) is 13.3. The van der Waals surface area contributed by atoms with Crippen LogP contribution in [0.4, 0.5) is 0 Å². The van der Waals surface area contributed by atoms with E-state index in [4.69, 9.17) is 9.47 Å². The normalized spacial score (nSPS) is 18.7. The van der Waals surface area contributed by atoms with Crippen LogP contribution < -0.4 is 5.56 Å². The highest BCUT2D eigenvalue weighted by atomic mass is 16.5. The van der Waals surface area contributed by atoms with Crippen molar-refractivity contribution in [1.82, 2.24) is 14.5 Å². The van der Waals surface area contributed by atoms with E-state index >= 15 is 0 Å². The molecule has 2 aromatic rings. The zero-order chi connectivity index (χ0) is 18.5. The average Bonchev–Trinajstić information content (AvgIpc) is 2.74. The van der Waals surface area contributed by atoms with Crippen LogP contribution in [0.15, 0.2) is 35.4 Å². The van der Waals surface area contributed by atoms with E-state index in [-0.39, 0.29) is 11.6 Å². The predicted molar refractivity (Wildman–Crippen MR) is 101 cm³/mol. The summed E-state index contributed by atoms with van der Waals surface area (Å²) in [5.41, 5.74) is 1.69. The third-order valence-electron chi connectivity index (χ3n) is 5.08. The maximum Gasteiger partial charge on any atom is 0.250 e. The molecule has 2 fully saturated rings. The molecule has 4 heterocycles. The standard InChI is InChI=1S/C21H23N3O3/c25-21-4-2-17(15-24(21)18-8-13-27-14-9-18)19-5-10-22-20(23-19)3-1-16-6-11-26-12-7-16/h2,4-5,10,15-16,18H,6-9,11-14H2. The molecule has 27 heavy (non-hydrogen) atoms. The minimum atomic E-state index is 0.0132. The largest absolute Gasteiger partial charge is 0.381 e. The second kappa shape index (κ2) is 8.47. The summed E-state index contributed by atoms with van der Waals surface area (Å²) < 4.78 is 12.6. The molecule has 0 aliphatic carbocycles. The Labute approximate surface area is 158 Å². The molecule has 2 aliphatic rings. The molecule has 0 atom stereocenters. The van der Waals surface area contributed by atoms with Gasteiger partial charge in [-0.05, 0) is 43.7 Å². The zero-order valence-corrected chi connectivity index (χ0v) is 15.3. The van der Waals surface area contributed by atoms with E-state index in [0.717, 1.165) is 50.2 Å². The summed E-state index contributed by atoms with van der Waals surface area (Å²) >= 11 is 0. The van der Waals surface area contributed by atoms with Gasteiger partial charge in [0.05, 0.1) is 5.69 Å². The van der Waals surface area contributed by atoms with Crippen LogP contribution in [-0.2, 0) is 9.47 Å². The first-order valence-corrected chi connectivity index (χ1v) is 9.52. The van der Waals surface area contributed by atoms with Crippen LogP contribution in [0.25, 0.3) is 11.3 Å². The Morgan fingerprint density at radius 1 is 1.00 bits per heavy atom. The van der Waals surface area contributed by atoms with E-state index < -0.39 is 0 Å². The lowest BCUT2D eigenvalue weighted by Gasteiger charge is -2.24. The van der Waals surface area contributed by atoms with Gasteiger partial charge in [-0.15, -0.1) is 0 Å². The number of ether oxygens (including phenoxy) is 2. The Balaban J connectivity index is 1.58. The van der Waals surface area contributed by atoms with Gasteiger partial charge < -0.3 is 14.0 Å². The van der Waals surface area contributed by atoms with Gasteiger partial charge in [-0.3, -0.25) is 4.79 Å². The maximum atomic E-state index is 12.3. The zero-order valence-electron chi connectivity index (χ0n) is 15.3. The van der Waals surface area contributed by atoms with Crippen molar-refractivity contribution in [2.75, 3.05) is 26.4 Å². The van der Waals surface area contributed by atoms with E-state index in [9.17, 15) is 4.79 Å². The molecule has 2 saturated heterocycles. The Kier molecular flexibility index (Phi) is 5.61. The second-order valence-electron chi connectivity index (χ2n) is 6.93. The van der Waals surface area contributed by atoms with Crippen LogP contribution in [0.5, 0.6) is 0 Å². The molecule has 6 heteroatoms. The Hall–Kier alpha value is -2.49. The van der Waals surface area contributed by atoms with E-state index in [1.807, 2.05) is 22.9 Å². The monoisotopic (exact) mass is 365 g/mol. The number of rotatable bonds is 2. The lowest BCUT2D eigenvalue weighted by Crippen LogP contribution is -2.28. The summed E-state index contributed by atoms with van der Waals surface area (Å²) in [4.78, 5) is 21.2. The van der Waals surface area contributed by atoms with Crippen molar-refractivity contribution in [3.8, 4) is 23.1 Å². The highest BCUT2D eigenvalue weighted by Crippen LogP contribution is 2.22. The number of hydrogen-bond donors (Lipinski definition) is 0. The van der Waals surface area contributed by atoms with E-state index in [1.54, 1.807) is 12.3 Å². The van der Waals surface area contributed by atoms with Crippen LogP contribution >= 0.6 is 0 Å². The predicted octanol–water partition coefficient (Wildman–Crippen LogP) is 2.43. The molecule has 0 spiro atoms. The molecule has 0 radical (unpaired) electrons. The van der Waals surface area contributed by atoms with Gasteiger partial charge in [0, 0.05) is 62.4 Å². The third kappa shape index (κ3) is 4.44. The Bertz CT molecular complexity index is 901. The molecule has 2 aliphatic heterocycles. The van der Waals surface area contributed by atoms with Crippen molar-refractivity contribution < 1.29 is 9.47 Å². The fourth-order valence-corrected chi connectivity index (χ4v) is 3.49. The van der Waals surface area contributed by atoms with Crippen molar-refractivity contribution in [1.29, 1.82) is 0 Å². The molecule has 140 valence electrons. The van der Waals surface area contributed by atoms with Gasteiger partial charge in [0.15, 0.2) is 0 Å². The van der Waals surface area contributed by atoms with Crippen molar-refractivity contribution in [3.05, 3.63) is 46.8 Å². The second-order valence-corrected chi connectivity index (χ2v) is 6.93. The number of aromatic nitrogens is 3. The summed E-state index contributed by atoms with van der Waals surface area (Å²) in [6.07, 6.45) is 7.26. The number of pyridine rings is 1. The van der Waals surface area contributed by atoms with Gasteiger partial charge >= 0.3 is 0 Å². The fourth-order valence-electron chi connectivity index (χ4n) is 3.49. The molecule has 6 nitrogen and oxygen atoms in total. The van der Waals surface area contributed by atoms with E-state index in [0.29, 0.717) is 25.0 Å². The number of nitrogens with zero attached hydrogens (tertiary/aromatic N) is 3. The van der Waals surface area contributed by atoms with E-state index in [1.165, 1.54) is 0 Å². The summed E-state index contributed by atoms with van der Waals surface area (Å²) in [6, 6.07) is 5.46. The molecule has 0 amide bonds. The minimum Gasteiger partial charge on any atom is -0.381 e. The first-order valence-electron chi connectivity index (χ1n) is 9.52. The van der Waals surface area contributed by atoms with E-state index in [2.05, 4.69) is 21.8 Å². The van der Waals surface area contributed by atoms with Crippen molar-refractivity contribution in [2.45, 2.75) is 31.7 Å². The molecule has 4 rings (SSSR count). The highest BCUT2D eigenvalue weighted by Gasteiger charge is 2.17. The molecule has 0 unspecified atom stereocenters. The van der Waals surface area contributed by atoms with Crippen molar-refractivity contribution >= 4 is 0 Å². The van der Waals surface area contributed by atoms with Crippen LogP contribution in [0.2, 0.25) is 0 Å². The number of hydrogen-bond acceptors (Lipinski definition) is 5. The van der Waals surface area contributed by atoms with Crippen LogP contribution in [0, 0.1) is 17.8 Å².